The summed E-state index contributed by atoms with van der Waals surface area (Å²) in [6.45, 7) is 4.31. The van der Waals surface area contributed by atoms with Crippen molar-refractivity contribution >= 4 is 11.3 Å². The molecular formula is C11H20N2OS. The van der Waals surface area contributed by atoms with Crippen molar-refractivity contribution in [2.24, 2.45) is 5.92 Å². The van der Waals surface area contributed by atoms with Crippen LogP contribution in [0.1, 0.15) is 31.2 Å². The molecular weight excluding hydrogens is 208 g/mol. The standard InChI is InChI=1S/C11H20N2OS/c1-2-3-10(4-6-14)8-12-9-11-13-5-7-15-11/h5,7,10,12,14H,2-4,6,8-9H2,1H3. The predicted molar refractivity (Wildman–Crippen MR) is 63.9 cm³/mol. The van der Waals surface area contributed by atoms with Crippen molar-refractivity contribution in [3.8, 4) is 0 Å². The maximum absolute atomic E-state index is 8.91. The third-order valence-electron chi connectivity index (χ3n) is 2.43. The van der Waals surface area contributed by atoms with Gasteiger partial charge in [-0.1, -0.05) is 13.3 Å². The van der Waals surface area contributed by atoms with Gasteiger partial charge in [0, 0.05) is 24.7 Å². The SMILES string of the molecule is CCCC(CCO)CNCc1nccs1. The Kier molecular flexibility index (Phi) is 6.55. The largest absolute Gasteiger partial charge is 0.396 e. The van der Waals surface area contributed by atoms with Crippen LogP contribution in [0.15, 0.2) is 11.6 Å². The molecule has 4 heteroatoms. The zero-order valence-electron chi connectivity index (χ0n) is 9.28. The van der Waals surface area contributed by atoms with Crippen molar-refractivity contribution < 1.29 is 5.11 Å². The van der Waals surface area contributed by atoms with Gasteiger partial charge in [0.2, 0.25) is 0 Å². The number of nitrogens with one attached hydrogen (secondary N) is 1. The fraction of sp³-hybridized carbons (Fsp3) is 0.727. The van der Waals surface area contributed by atoms with Gasteiger partial charge in [0.1, 0.15) is 5.01 Å². The maximum atomic E-state index is 8.91. The Morgan fingerprint density at radius 3 is 3.00 bits per heavy atom. The van der Waals surface area contributed by atoms with Crippen LogP contribution in [0.2, 0.25) is 0 Å². The zero-order valence-corrected chi connectivity index (χ0v) is 10.1. The van der Waals surface area contributed by atoms with Gasteiger partial charge in [0.15, 0.2) is 0 Å². The number of aliphatic hydroxyl groups is 1. The van der Waals surface area contributed by atoms with E-state index in [1.54, 1.807) is 11.3 Å². The molecule has 1 atom stereocenters. The third-order valence-corrected chi connectivity index (χ3v) is 3.21. The van der Waals surface area contributed by atoms with Gasteiger partial charge in [0.25, 0.3) is 0 Å². The number of rotatable bonds is 8. The molecule has 1 unspecified atom stereocenters. The molecule has 3 nitrogen and oxygen atoms in total. The van der Waals surface area contributed by atoms with Gasteiger partial charge in [-0.05, 0) is 25.3 Å². The lowest BCUT2D eigenvalue weighted by atomic mass is 10.0. The molecule has 0 amide bonds. The molecule has 0 spiro atoms. The molecule has 0 saturated carbocycles. The fourth-order valence-electron chi connectivity index (χ4n) is 1.66. The minimum Gasteiger partial charge on any atom is -0.396 e. The smallest absolute Gasteiger partial charge is 0.106 e. The molecule has 1 rings (SSSR count). The average molecular weight is 228 g/mol. The van der Waals surface area contributed by atoms with Crippen LogP contribution in [-0.4, -0.2) is 23.2 Å². The van der Waals surface area contributed by atoms with E-state index in [-0.39, 0.29) is 0 Å². The number of hydrogen-bond donors (Lipinski definition) is 2. The second-order valence-corrected chi connectivity index (χ2v) is 4.70. The highest BCUT2D eigenvalue weighted by Gasteiger charge is 2.06. The highest BCUT2D eigenvalue weighted by molar-refractivity contribution is 7.09. The lowest BCUT2D eigenvalue weighted by Gasteiger charge is -2.14. The summed E-state index contributed by atoms with van der Waals surface area (Å²) in [5, 5.41) is 15.4. The van der Waals surface area contributed by atoms with Crippen molar-refractivity contribution in [3.05, 3.63) is 16.6 Å². The summed E-state index contributed by atoms with van der Waals surface area (Å²) in [5.74, 6) is 0.597. The predicted octanol–water partition coefficient (Wildman–Crippen LogP) is 2.03. The molecule has 1 aromatic heterocycles. The fourth-order valence-corrected chi connectivity index (χ4v) is 2.25. The van der Waals surface area contributed by atoms with Crippen LogP contribution in [0.4, 0.5) is 0 Å². The molecule has 0 aliphatic heterocycles. The van der Waals surface area contributed by atoms with E-state index in [0.717, 1.165) is 24.5 Å². The monoisotopic (exact) mass is 228 g/mol. The van der Waals surface area contributed by atoms with Crippen LogP contribution < -0.4 is 5.32 Å². The summed E-state index contributed by atoms with van der Waals surface area (Å²) in [6, 6.07) is 0. The van der Waals surface area contributed by atoms with E-state index < -0.39 is 0 Å². The average Bonchev–Trinajstić information content (AvgIpc) is 2.71. The van der Waals surface area contributed by atoms with E-state index in [9.17, 15) is 0 Å². The summed E-state index contributed by atoms with van der Waals surface area (Å²) in [6.07, 6.45) is 5.10. The van der Waals surface area contributed by atoms with Crippen molar-refractivity contribution in [1.29, 1.82) is 0 Å². The summed E-state index contributed by atoms with van der Waals surface area (Å²) in [4.78, 5) is 4.21. The second-order valence-electron chi connectivity index (χ2n) is 3.72. The minimum absolute atomic E-state index is 0.295. The molecule has 0 radical (unpaired) electrons. The minimum atomic E-state index is 0.295. The number of aliphatic hydroxyl groups excluding tert-OH is 1. The lowest BCUT2D eigenvalue weighted by molar-refractivity contribution is 0.248. The molecule has 0 bridgehead atoms. The molecule has 2 N–H and O–H groups in total. The van der Waals surface area contributed by atoms with Gasteiger partial charge in [-0.3, -0.25) is 0 Å². The molecule has 1 aromatic rings. The van der Waals surface area contributed by atoms with Crippen LogP contribution >= 0.6 is 11.3 Å². The van der Waals surface area contributed by atoms with Crippen LogP contribution in [-0.2, 0) is 6.54 Å². The van der Waals surface area contributed by atoms with Crippen LogP contribution in [0.5, 0.6) is 0 Å². The first-order valence-electron chi connectivity index (χ1n) is 5.56. The number of thiazole rings is 1. The van der Waals surface area contributed by atoms with Crippen molar-refractivity contribution in [1.82, 2.24) is 10.3 Å². The summed E-state index contributed by atoms with van der Waals surface area (Å²) >= 11 is 1.68. The van der Waals surface area contributed by atoms with Gasteiger partial charge < -0.3 is 10.4 Å². The molecule has 0 aromatic carbocycles. The summed E-state index contributed by atoms with van der Waals surface area (Å²) < 4.78 is 0. The number of aromatic nitrogens is 1. The van der Waals surface area contributed by atoms with Gasteiger partial charge >= 0.3 is 0 Å². The van der Waals surface area contributed by atoms with Crippen molar-refractivity contribution in [2.45, 2.75) is 32.7 Å². The normalized spacial score (nSPS) is 12.9. The number of hydrogen-bond acceptors (Lipinski definition) is 4. The lowest BCUT2D eigenvalue weighted by Crippen LogP contribution is -2.23. The Morgan fingerprint density at radius 1 is 1.53 bits per heavy atom. The van der Waals surface area contributed by atoms with Gasteiger partial charge in [-0.25, -0.2) is 4.98 Å². The summed E-state index contributed by atoms with van der Waals surface area (Å²) in [7, 11) is 0. The van der Waals surface area contributed by atoms with E-state index in [1.807, 2.05) is 11.6 Å². The first kappa shape index (κ1) is 12.6. The highest BCUT2D eigenvalue weighted by Crippen LogP contribution is 2.10. The molecule has 0 fully saturated rings. The topological polar surface area (TPSA) is 45.1 Å². The van der Waals surface area contributed by atoms with Gasteiger partial charge in [0.05, 0.1) is 0 Å². The molecule has 0 aliphatic rings. The Bertz CT molecular complexity index is 233. The Morgan fingerprint density at radius 2 is 2.40 bits per heavy atom. The van der Waals surface area contributed by atoms with E-state index in [0.29, 0.717) is 12.5 Å². The van der Waals surface area contributed by atoms with Crippen molar-refractivity contribution in [2.75, 3.05) is 13.2 Å². The Balaban J connectivity index is 2.15. The first-order chi connectivity index (χ1) is 7.36. The number of nitrogens with zero attached hydrogens (tertiary/aromatic N) is 1. The Labute approximate surface area is 95.6 Å². The maximum Gasteiger partial charge on any atom is 0.106 e. The molecule has 0 aliphatic carbocycles. The zero-order chi connectivity index (χ0) is 10.9. The quantitative estimate of drug-likeness (QED) is 0.715. The summed E-state index contributed by atoms with van der Waals surface area (Å²) in [5.41, 5.74) is 0. The third kappa shape index (κ3) is 5.25. The second kappa shape index (κ2) is 7.79. The highest BCUT2D eigenvalue weighted by atomic mass is 32.1. The molecule has 0 saturated heterocycles. The van der Waals surface area contributed by atoms with Crippen LogP contribution in [0.25, 0.3) is 0 Å². The van der Waals surface area contributed by atoms with E-state index >= 15 is 0 Å². The van der Waals surface area contributed by atoms with Crippen LogP contribution in [0, 0.1) is 5.92 Å². The molecule has 15 heavy (non-hydrogen) atoms. The van der Waals surface area contributed by atoms with Crippen LogP contribution in [0.3, 0.4) is 0 Å². The van der Waals surface area contributed by atoms with E-state index in [2.05, 4.69) is 17.2 Å². The van der Waals surface area contributed by atoms with E-state index in [1.165, 1.54) is 12.8 Å². The molecule has 86 valence electrons. The van der Waals surface area contributed by atoms with Gasteiger partial charge in [-0.15, -0.1) is 11.3 Å². The van der Waals surface area contributed by atoms with Gasteiger partial charge in [-0.2, -0.15) is 0 Å². The van der Waals surface area contributed by atoms with Crippen molar-refractivity contribution in [3.63, 3.8) is 0 Å². The van der Waals surface area contributed by atoms with E-state index in [4.69, 9.17) is 5.11 Å². The molecule has 1 heterocycles. The Hall–Kier alpha value is -0.450. The first-order valence-corrected chi connectivity index (χ1v) is 6.44.